The highest BCUT2D eigenvalue weighted by molar-refractivity contribution is 8.05. The first kappa shape index (κ1) is 14.6. The lowest BCUT2D eigenvalue weighted by Gasteiger charge is -2.19. The number of fused-ring (bicyclic) bond motifs is 11. The molecule has 0 saturated heterocycles. The molecule has 0 nitrogen and oxygen atoms in total. The van der Waals surface area contributed by atoms with Crippen molar-refractivity contribution in [3.63, 3.8) is 0 Å². The molecule has 0 N–H and O–H groups in total. The van der Waals surface area contributed by atoms with Gasteiger partial charge >= 0.3 is 0 Å². The second-order valence-electron chi connectivity index (χ2n) is 7.31. The minimum Gasteiger partial charge on any atom is -0.0877 e. The molecule has 4 aromatic carbocycles. The molecule has 1 spiro atoms. The molecule has 0 unspecified atom stereocenters. The Labute approximate surface area is 166 Å². The third-order valence-electron chi connectivity index (χ3n) is 6.07. The molecule has 1 heterocycles. The summed E-state index contributed by atoms with van der Waals surface area (Å²) in [5, 5.41) is 0. The van der Waals surface area contributed by atoms with Crippen molar-refractivity contribution in [2.24, 2.45) is 0 Å². The van der Waals surface area contributed by atoms with Crippen LogP contribution in [0.25, 0.3) is 11.1 Å². The number of hydrogen-bond acceptors (Lipinski definition) is 2. The summed E-state index contributed by atoms with van der Waals surface area (Å²) in [6.07, 6.45) is 0. The molecular weight excluding hydrogens is 364 g/mol. The van der Waals surface area contributed by atoms with Crippen LogP contribution < -0.4 is 0 Å². The molecule has 126 valence electrons. The summed E-state index contributed by atoms with van der Waals surface area (Å²) in [6, 6.07) is 31.4. The average Bonchev–Trinajstić information content (AvgIpc) is 3.33. The monoisotopic (exact) mass is 378 g/mol. The third kappa shape index (κ3) is 1.65. The average molecular weight is 379 g/mol. The van der Waals surface area contributed by atoms with E-state index >= 15 is 0 Å². The Morgan fingerprint density at radius 2 is 1.07 bits per heavy atom. The number of hydrogen-bond donors (Lipinski definition) is 0. The van der Waals surface area contributed by atoms with Gasteiger partial charge in [-0.1, -0.05) is 90.3 Å². The van der Waals surface area contributed by atoms with E-state index in [0.717, 1.165) is 0 Å². The standard InChI is InChI=1S/C25H14S2/c1-3-9-17-15(7-1)16-8-2-4-10-18(16)25(17)19-13-14-22-24(23(19)25)27-21-12-6-5-11-20(21)26-22/h1-14H. The molecule has 3 aliphatic rings. The molecule has 1 aliphatic heterocycles. The van der Waals surface area contributed by atoms with Gasteiger partial charge in [0, 0.05) is 19.6 Å². The minimum absolute atomic E-state index is 0.0272. The van der Waals surface area contributed by atoms with Gasteiger partial charge in [-0.15, -0.1) is 0 Å². The maximum absolute atomic E-state index is 2.37. The Morgan fingerprint density at radius 1 is 0.481 bits per heavy atom. The van der Waals surface area contributed by atoms with Gasteiger partial charge in [-0.25, -0.2) is 0 Å². The van der Waals surface area contributed by atoms with E-state index in [1.165, 1.54) is 53.0 Å². The molecule has 0 aromatic heterocycles. The molecule has 4 aromatic rings. The lowest BCUT2D eigenvalue weighted by atomic mass is 9.89. The highest BCUT2D eigenvalue weighted by Gasteiger charge is 2.60. The Kier molecular flexibility index (Phi) is 2.65. The van der Waals surface area contributed by atoms with E-state index in [1.807, 2.05) is 23.5 Å². The minimum atomic E-state index is -0.0272. The summed E-state index contributed by atoms with van der Waals surface area (Å²) in [4.78, 5) is 5.61. The van der Waals surface area contributed by atoms with Crippen molar-refractivity contribution in [3.05, 3.63) is 107 Å². The Morgan fingerprint density at radius 3 is 1.78 bits per heavy atom. The van der Waals surface area contributed by atoms with Gasteiger partial charge in [-0.3, -0.25) is 0 Å². The van der Waals surface area contributed by atoms with Gasteiger partial charge < -0.3 is 0 Å². The van der Waals surface area contributed by atoms with Crippen molar-refractivity contribution < 1.29 is 0 Å². The van der Waals surface area contributed by atoms with Crippen LogP contribution in [0.3, 0.4) is 0 Å². The van der Waals surface area contributed by atoms with Crippen LogP contribution in [0.5, 0.6) is 0 Å². The summed E-state index contributed by atoms with van der Waals surface area (Å²) in [5.74, 6) is 0. The van der Waals surface area contributed by atoms with Crippen molar-refractivity contribution in [1.82, 2.24) is 0 Å². The Balaban J connectivity index is 1.51. The summed E-state index contributed by atoms with van der Waals surface area (Å²) in [5.41, 5.74) is 8.70. The Bertz CT molecular complexity index is 1240. The molecule has 0 bridgehead atoms. The predicted molar refractivity (Wildman–Crippen MR) is 112 cm³/mol. The van der Waals surface area contributed by atoms with Crippen molar-refractivity contribution in [2.45, 2.75) is 25.0 Å². The highest BCUT2D eigenvalue weighted by Crippen LogP contribution is 2.70. The van der Waals surface area contributed by atoms with Crippen LogP contribution >= 0.6 is 23.5 Å². The summed E-state index contributed by atoms with van der Waals surface area (Å²) in [6.45, 7) is 0. The van der Waals surface area contributed by atoms with E-state index in [2.05, 4.69) is 84.9 Å². The fourth-order valence-electron chi connectivity index (χ4n) is 4.98. The molecule has 2 heteroatoms. The van der Waals surface area contributed by atoms with E-state index in [1.54, 1.807) is 0 Å². The van der Waals surface area contributed by atoms with Crippen molar-refractivity contribution >= 4 is 23.5 Å². The molecule has 27 heavy (non-hydrogen) atoms. The predicted octanol–water partition coefficient (Wildman–Crippen LogP) is 6.98. The maximum Gasteiger partial charge on any atom is 0.0731 e. The van der Waals surface area contributed by atoms with Gasteiger partial charge in [0.15, 0.2) is 0 Å². The van der Waals surface area contributed by atoms with E-state index in [-0.39, 0.29) is 5.41 Å². The van der Waals surface area contributed by atoms with E-state index in [0.29, 0.717) is 0 Å². The van der Waals surface area contributed by atoms with Crippen LogP contribution in [0.15, 0.2) is 105 Å². The van der Waals surface area contributed by atoms with Gasteiger partial charge in [-0.05, 0) is 51.6 Å². The van der Waals surface area contributed by atoms with Crippen LogP contribution in [0.2, 0.25) is 0 Å². The second kappa shape index (κ2) is 4.89. The van der Waals surface area contributed by atoms with Crippen LogP contribution in [-0.2, 0) is 5.41 Å². The van der Waals surface area contributed by atoms with Gasteiger partial charge in [-0.2, -0.15) is 0 Å². The summed E-state index contributed by atoms with van der Waals surface area (Å²) < 4.78 is 0. The lowest BCUT2D eigenvalue weighted by Crippen LogP contribution is -2.08. The van der Waals surface area contributed by atoms with Crippen LogP contribution in [-0.4, -0.2) is 0 Å². The Hall–Kier alpha value is -2.42. The van der Waals surface area contributed by atoms with Gasteiger partial charge in [0.05, 0.1) is 5.41 Å². The number of rotatable bonds is 0. The lowest BCUT2D eigenvalue weighted by molar-refractivity contribution is 0.931. The van der Waals surface area contributed by atoms with Gasteiger partial charge in [0.25, 0.3) is 0 Å². The summed E-state index contributed by atoms with van der Waals surface area (Å²) in [7, 11) is 0. The smallest absolute Gasteiger partial charge is 0.0731 e. The highest BCUT2D eigenvalue weighted by atomic mass is 32.2. The van der Waals surface area contributed by atoms with E-state index in [4.69, 9.17) is 0 Å². The topological polar surface area (TPSA) is 0 Å². The molecule has 0 amide bonds. The van der Waals surface area contributed by atoms with Gasteiger partial charge in [0.2, 0.25) is 0 Å². The SMILES string of the molecule is c1ccc2c(c1)Sc1ccc3c(c1S2)C31c2ccccc2-c2ccccc21. The number of benzene rings is 4. The van der Waals surface area contributed by atoms with Crippen LogP contribution in [0.1, 0.15) is 22.3 Å². The zero-order chi connectivity index (χ0) is 17.6. The first-order valence-electron chi connectivity index (χ1n) is 9.21. The molecule has 7 rings (SSSR count). The van der Waals surface area contributed by atoms with E-state index < -0.39 is 0 Å². The molecule has 0 radical (unpaired) electrons. The van der Waals surface area contributed by atoms with E-state index in [9.17, 15) is 0 Å². The molecule has 0 atom stereocenters. The first-order valence-corrected chi connectivity index (χ1v) is 10.8. The summed E-state index contributed by atoms with van der Waals surface area (Å²) >= 11 is 3.86. The zero-order valence-electron chi connectivity index (χ0n) is 14.4. The van der Waals surface area contributed by atoms with Crippen molar-refractivity contribution in [2.75, 3.05) is 0 Å². The fraction of sp³-hybridized carbons (Fsp3) is 0.0400. The molecule has 0 saturated carbocycles. The normalized spacial score (nSPS) is 16.1. The zero-order valence-corrected chi connectivity index (χ0v) is 16.0. The fourth-order valence-corrected chi connectivity index (χ4v) is 7.43. The quantitative estimate of drug-likeness (QED) is 0.279. The maximum atomic E-state index is 2.37. The first-order chi connectivity index (χ1) is 13.4. The van der Waals surface area contributed by atoms with Gasteiger partial charge in [0.1, 0.15) is 0 Å². The second-order valence-corrected chi connectivity index (χ2v) is 9.44. The van der Waals surface area contributed by atoms with Crippen molar-refractivity contribution in [3.8, 4) is 11.1 Å². The van der Waals surface area contributed by atoms with Crippen molar-refractivity contribution in [1.29, 1.82) is 0 Å². The largest absolute Gasteiger partial charge is 0.0877 e. The third-order valence-corrected chi connectivity index (χ3v) is 8.67. The molecule has 2 aliphatic carbocycles. The van der Waals surface area contributed by atoms with Crippen LogP contribution in [0, 0.1) is 0 Å². The molecular formula is C25H14S2. The van der Waals surface area contributed by atoms with Crippen LogP contribution in [0.4, 0.5) is 0 Å². The molecule has 0 fully saturated rings.